The van der Waals surface area contributed by atoms with Crippen LogP contribution < -0.4 is 31.2 Å². The average molecular weight is 1220 g/mol. The van der Waals surface area contributed by atoms with Crippen molar-refractivity contribution < 1.29 is 124 Å². The van der Waals surface area contributed by atoms with Crippen molar-refractivity contribution in [2.45, 2.75) is 75.7 Å². The van der Waals surface area contributed by atoms with Gasteiger partial charge >= 0.3 is 55.4 Å². The first-order valence-corrected chi connectivity index (χ1v) is 23.4. The molecular weight excluding hydrogens is 1190 g/mol. The van der Waals surface area contributed by atoms with Crippen molar-refractivity contribution in [2.24, 2.45) is 0 Å². The predicted molar refractivity (Wildman–Crippen MR) is 251 cm³/mol. The minimum absolute atomic E-state index is 0.0459. The first-order chi connectivity index (χ1) is 38.3. The number of alkyl halides is 24. The molecule has 0 radical (unpaired) electrons. The number of aromatic nitrogens is 2. The van der Waals surface area contributed by atoms with Gasteiger partial charge < -0.3 is 4.74 Å². The van der Waals surface area contributed by atoms with Gasteiger partial charge in [-0.25, -0.2) is 9.78 Å². The molecule has 0 aliphatic heterocycles. The van der Waals surface area contributed by atoms with E-state index >= 15 is 0 Å². The van der Waals surface area contributed by atoms with E-state index in [0.717, 1.165) is 0 Å². The molecule has 7 rings (SSSR count). The molecule has 1 heterocycles. The molecule has 6 aromatic carbocycles. The van der Waals surface area contributed by atoms with Gasteiger partial charge in [0.2, 0.25) is 24.2 Å². The van der Waals surface area contributed by atoms with Crippen molar-refractivity contribution in [3.63, 3.8) is 0 Å². The quantitative estimate of drug-likeness (QED) is 0.0342. The number of hydrogen-bond donors (Lipinski definition) is 0. The van der Waals surface area contributed by atoms with E-state index in [4.69, 9.17) is 4.74 Å². The lowest BCUT2D eigenvalue weighted by molar-refractivity contribution is -0.683. The molecule has 30 heteroatoms. The van der Waals surface area contributed by atoms with E-state index in [-0.39, 0.29) is 18.0 Å². The van der Waals surface area contributed by atoms with Gasteiger partial charge in [0.05, 0.1) is 50.7 Å². The largest absolute Gasteiger partial charge is 0.422 e. The molecule has 0 bridgehead atoms. The van der Waals surface area contributed by atoms with Gasteiger partial charge in [0.15, 0.2) is 6.20 Å². The summed E-state index contributed by atoms with van der Waals surface area (Å²) in [5.41, 5.74) is -28.3. The lowest BCUT2D eigenvalue weighted by Crippen LogP contribution is -2.75. The number of Topliss-reactive ketones (excluding diaryl/α,β-unsaturated/α-hetero) is 1. The first-order valence-electron chi connectivity index (χ1n) is 23.4. The lowest BCUT2D eigenvalue weighted by Gasteiger charge is -2.46. The molecule has 0 saturated carbocycles. The molecule has 0 fully saturated rings. The van der Waals surface area contributed by atoms with Crippen LogP contribution in [0.25, 0.3) is 0 Å². The summed E-state index contributed by atoms with van der Waals surface area (Å²) in [6.07, 6.45) is -50.2. The fourth-order valence-electron chi connectivity index (χ4n) is 8.67. The molecule has 0 amide bonds. The van der Waals surface area contributed by atoms with Crippen molar-refractivity contribution in [3.05, 3.63) is 207 Å². The highest BCUT2D eigenvalue weighted by Crippen LogP contribution is 2.41. The third-order valence-corrected chi connectivity index (χ3v) is 12.6. The molecule has 448 valence electrons. The van der Waals surface area contributed by atoms with Crippen LogP contribution >= 0.6 is 0 Å². The number of halogens is 24. The molecule has 0 atom stereocenters. The van der Waals surface area contributed by atoms with E-state index in [0.29, 0.717) is 17.2 Å². The summed E-state index contributed by atoms with van der Waals surface area (Å²) in [7, 11) is 0. The van der Waals surface area contributed by atoms with Gasteiger partial charge in [0, 0.05) is 5.56 Å². The number of hydrogen-bond acceptors (Lipinski definition) is 4. The second-order valence-corrected chi connectivity index (χ2v) is 18.7. The molecule has 0 spiro atoms. The molecule has 7 aromatic rings. The Labute approximate surface area is 457 Å². The fourth-order valence-corrected chi connectivity index (χ4v) is 8.67. The number of carbonyl (C=O) groups is 2. The van der Waals surface area contributed by atoms with Crippen LogP contribution in [0.4, 0.5) is 105 Å². The molecule has 0 saturated heterocycles. The second-order valence-electron chi connectivity index (χ2n) is 18.7. The molecule has 0 N–H and O–H groups in total. The smallest absolute Gasteiger partial charge is 0.416 e. The third-order valence-electron chi connectivity index (χ3n) is 12.6. The van der Waals surface area contributed by atoms with Crippen LogP contribution in [0.15, 0.2) is 146 Å². The Balaban J connectivity index is 0.000000347. The zero-order chi connectivity index (χ0) is 63.1. The zero-order valence-electron chi connectivity index (χ0n) is 41.9. The van der Waals surface area contributed by atoms with Crippen LogP contribution in [0.1, 0.15) is 90.7 Å². The number of ether oxygens (including phenoxy) is 1. The van der Waals surface area contributed by atoms with Crippen molar-refractivity contribution in [1.82, 2.24) is 4.98 Å². The third kappa shape index (κ3) is 15.4. The Morgan fingerprint density at radius 2 is 0.738 bits per heavy atom. The Kier molecular flexibility index (Phi) is 18.0. The number of ketones is 1. The van der Waals surface area contributed by atoms with Gasteiger partial charge in [-0.05, 0) is 47.9 Å². The normalized spacial score (nSPS) is 13.1. The monoisotopic (exact) mass is 1220 g/mol. The fraction of sp³-hybridized carbons (Fsp3) is 0.222. The van der Waals surface area contributed by atoms with Gasteiger partial charge in [0.25, 0.3) is 0 Å². The molecule has 0 aliphatic rings. The van der Waals surface area contributed by atoms with Gasteiger partial charge in [0.1, 0.15) is 11.9 Å². The van der Waals surface area contributed by atoms with Crippen molar-refractivity contribution in [2.75, 3.05) is 0 Å². The predicted octanol–water partition coefficient (Wildman–Crippen LogP) is 14.8. The zero-order valence-corrected chi connectivity index (χ0v) is 41.9. The van der Waals surface area contributed by atoms with Crippen molar-refractivity contribution in [3.8, 4) is 5.75 Å². The minimum atomic E-state index is -6.13. The molecule has 84 heavy (non-hydrogen) atoms. The van der Waals surface area contributed by atoms with Crippen molar-refractivity contribution >= 4 is 39.7 Å². The van der Waals surface area contributed by atoms with Crippen molar-refractivity contribution in [1.29, 1.82) is 0 Å². The number of rotatable bonds is 10. The van der Waals surface area contributed by atoms with E-state index in [1.165, 1.54) is 18.0 Å². The van der Waals surface area contributed by atoms with Crippen LogP contribution in [0.3, 0.4) is 0 Å². The van der Waals surface area contributed by atoms with E-state index < -0.39 is 201 Å². The van der Waals surface area contributed by atoms with E-state index in [1.54, 1.807) is 35.0 Å². The first kappa shape index (κ1) is 65.1. The van der Waals surface area contributed by atoms with Crippen LogP contribution in [-0.4, -0.2) is 22.9 Å². The van der Waals surface area contributed by atoms with Gasteiger partial charge in [-0.1, -0.05) is 105 Å². The molecule has 1 aromatic heterocycles. The Morgan fingerprint density at radius 3 is 1.01 bits per heavy atom. The van der Waals surface area contributed by atoms with Gasteiger partial charge in [-0.3, -0.25) is 4.79 Å². The van der Waals surface area contributed by atoms with E-state index in [2.05, 4.69) is 18.8 Å². The average Bonchev–Trinajstić information content (AvgIpc) is 2.70. The Morgan fingerprint density at radius 1 is 0.440 bits per heavy atom. The van der Waals surface area contributed by atoms with Gasteiger partial charge in [-0.15, -0.1) is 0 Å². The Hall–Kier alpha value is -8.08. The van der Waals surface area contributed by atoms with Crippen LogP contribution in [0.5, 0.6) is 5.75 Å². The highest BCUT2D eigenvalue weighted by Gasteiger charge is 2.47. The number of esters is 1. The molecule has 5 nitrogen and oxygen atoms in total. The molecule has 0 aliphatic carbocycles. The van der Waals surface area contributed by atoms with E-state index in [9.17, 15) is 115 Å². The summed E-state index contributed by atoms with van der Waals surface area (Å²) in [6, 6.07) is 7.62. The highest BCUT2D eigenvalue weighted by molar-refractivity contribution is 7.20. The molecule has 0 unspecified atom stereocenters. The summed E-state index contributed by atoms with van der Waals surface area (Å²) in [5, 5.41) is 0. The summed E-state index contributed by atoms with van der Waals surface area (Å²) in [6.45, 7) is 4.32. The summed E-state index contributed by atoms with van der Waals surface area (Å²) < 4.78 is 348. The number of benzene rings is 6. The molecular formula is C54H33BF24N2O3. The minimum Gasteiger partial charge on any atom is -0.422 e. The lowest BCUT2D eigenvalue weighted by atomic mass is 9.12. The topological polar surface area (TPSA) is 60.1 Å². The summed E-state index contributed by atoms with van der Waals surface area (Å²) in [4.78, 5) is 28.7. The number of carbonyl (C=O) groups excluding carboxylic acids is 2. The summed E-state index contributed by atoms with van der Waals surface area (Å²) in [5.74, 6) is 0.262. The maximum Gasteiger partial charge on any atom is 0.416 e. The highest BCUT2D eigenvalue weighted by atomic mass is 19.4. The Bertz CT molecular complexity index is 3090. The van der Waals surface area contributed by atoms with Crippen LogP contribution in [0.2, 0.25) is 0 Å². The maximum atomic E-state index is 14.2. The van der Waals surface area contributed by atoms with E-state index in [1.807, 2.05) is 30.3 Å². The standard InChI is InChI=1S/C32H12BF24.C22H21N2O3/c34-25(35,36)13-1-14(26(37,38)39)6-21(5-13)33(22-7-15(27(40,41)42)2-16(8-22)28(43,44)45,23-9-17(29(46,47)48)3-18(10-23)30(49,50)51)24-11-19(31(52,53)54)4-20(12-24)32(55,56)57;1-16(2)17-8-10-19(11-9-17)27-22(26)20-14-24(13-12-23-20)15-21(25)18-6-4-3-5-7-18/h1-12H;3-14,16H,15H2,1-2H3/q-1;+1. The SMILES string of the molecule is CC(C)c1ccc(OC(=O)c2c[n+](CC(=O)c3ccccc3)ccn2)cc1.FC(F)(F)c1cc([B-](c2cc(C(F)(F)F)cc(C(F)(F)F)c2)(c2cc(C(F)(F)F)cc(C(F)(F)F)c2)c2cc(C(F)(F)F)cc(C(F)(F)F)c2)cc(C(F)(F)F)c1. The van der Waals surface area contributed by atoms with Gasteiger partial charge in [-0.2, -0.15) is 132 Å². The summed E-state index contributed by atoms with van der Waals surface area (Å²) >= 11 is 0. The number of nitrogens with zero attached hydrogens (tertiary/aromatic N) is 2. The van der Waals surface area contributed by atoms with Crippen LogP contribution in [-0.2, 0) is 56.0 Å². The second kappa shape index (κ2) is 23.2. The van der Waals surface area contributed by atoms with Crippen LogP contribution in [0, 0.1) is 0 Å². The maximum absolute atomic E-state index is 14.2.